The molecule has 0 radical (unpaired) electrons. The number of benzene rings is 2. The van der Waals surface area contributed by atoms with Crippen molar-refractivity contribution in [2.45, 2.75) is 19.8 Å². The van der Waals surface area contributed by atoms with Crippen LogP contribution in [0.5, 0.6) is 0 Å². The van der Waals surface area contributed by atoms with Crippen LogP contribution in [0, 0.1) is 12.8 Å². The van der Waals surface area contributed by atoms with Gasteiger partial charge < -0.3 is 14.6 Å². The quantitative estimate of drug-likeness (QED) is 0.425. The number of amides is 1. The molecular weight excluding hydrogens is 432 g/mol. The first-order valence-corrected chi connectivity index (χ1v) is 11.4. The van der Waals surface area contributed by atoms with Crippen LogP contribution in [0.2, 0.25) is 5.02 Å². The number of aromatic nitrogens is 2. The number of aryl methyl sites for hydroxylation is 1. The Morgan fingerprint density at radius 3 is 2.61 bits per heavy atom. The zero-order chi connectivity index (χ0) is 21.4. The van der Waals surface area contributed by atoms with Crippen molar-refractivity contribution in [2.75, 3.05) is 23.3 Å². The normalized spacial score (nSPS) is 14.8. The van der Waals surface area contributed by atoms with Crippen LogP contribution in [0.25, 0.3) is 22.4 Å². The SMILES string of the molecule is Cc1sc(NC(=O)C2CCN(c3nc4ccccc4o3)CC2)nc1-c1ccc(Cl)cc1. The molecule has 0 aliphatic carbocycles. The number of nitrogens with one attached hydrogen (secondary N) is 1. The van der Waals surface area contributed by atoms with Gasteiger partial charge in [-0.05, 0) is 44.0 Å². The zero-order valence-corrected chi connectivity index (χ0v) is 18.5. The number of thiazole rings is 1. The van der Waals surface area contributed by atoms with Crippen LogP contribution < -0.4 is 10.2 Å². The number of halogens is 1. The fraction of sp³-hybridized carbons (Fsp3) is 0.261. The second-order valence-corrected chi connectivity index (χ2v) is 9.29. The lowest BCUT2D eigenvalue weighted by atomic mass is 9.96. The number of oxazole rings is 1. The maximum Gasteiger partial charge on any atom is 0.298 e. The van der Waals surface area contributed by atoms with Crippen molar-refractivity contribution in [3.63, 3.8) is 0 Å². The fourth-order valence-electron chi connectivity index (χ4n) is 3.86. The van der Waals surface area contributed by atoms with Gasteiger partial charge in [-0.1, -0.05) is 35.9 Å². The summed E-state index contributed by atoms with van der Waals surface area (Å²) < 4.78 is 5.86. The molecule has 0 atom stereocenters. The minimum atomic E-state index is -0.0520. The van der Waals surface area contributed by atoms with Gasteiger partial charge in [0.15, 0.2) is 10.7 Å². The van der Waals surface area contributed by atoms with Crippen molar-refractivity contribution < 1.29 is 9.21 Å². The van der Waals surface area contributed by atoms with Gasteiger partial charge in [-0.2, -0.15) is 4.98 Å². The smallest absolute Gasteiger partial charge is 0.298 e. The van der Waals surface area contributed by atoms with Gasteiger partial charge in [0.2, 0.25) is 5.91 Å². The van der Waals surface area contributed by atoms with E-state index in [9.17, 15) is 4.79 Å². The summed E-state index contributed by atoms with van der Waals surface area (Å²) in [4.78, 5) is 25.2. The molecule has 6 nitrogen and oxygen atoms in total. The number of nitrogens with zero attached hydrogens (tertiary/aromatic N) is 3. The summed E-state index contributed by atoms with van der Waals surface area (Å²) in [6, 6.07) is 15.9. The van der Waals surface area contributed by atoms with E-state index < -0.39 is 0 Å². The number of rotatable bonds is 4. The summed E-state index contributed by atoms with van der Waals surface area (Å²) in [6.45, 7) is 3.48. The third-order valence-electron chi connectivity index (χ3n) is 5.56. The lowest BCUT2D eigenvalue weighted by Crippen LogP contribution is -2.38. The molecule has 1 saturated heterocycles. The third kappa shape index (κ3) is 4.16. The predicted octanol–water partition coefficient (Wildman–Crippen LogP) is 5.77. The van der Waals surface area contributed by atoms with Gasteiger partial charge in [-0.15, -0.1) is 11.3 Å². The van der Waals surface area contributed by atoms with E-state index in [1.165, 1.54) is 11.3 Å². The van der Waals surface area contributed by atoms with Gasteiger partial charge in [0.25, 0.3) is 6.01 Å². The Balaban J connectivity index is 1.22. The molecule has 0 saturated carbocycles. The van der Waals surface area contributed by atoms with Gasteiger partial charge in [-0.3, -0.25) is 4.79 Å². The number of carbonyl (C=O) groups excluding carboxylic acids is 1. The average molecular weight is 453 g/mol. The van der Waals surface area contributed by atoms with Crippen molar-refractivity contribution in [3.8, 4) is 11.3 Å². The van der Waals surface area contributed by atoms with Crippen molar-refractivity contribution in [1.82, 2.24) is 9.97 Å². The van der Waals surface area contributed by atoms with Crippen LogP contribution >= 0.6 is 22.9 Å². The Morgan fingerprint density at radius 1 is 1.13 bits per heavy atom. The van der Waals surface area contributed by atoms with Crippen LogP contribution in [-0.4, -0.2) is 29.0 Å². The molecule has 0 bridgehead atoms. The van der Waals surface area contributed by atoms with E-state index in [1.807, 2.05) is 55.5 Å². The standard InChI is InChI=1S/C23H21ClN4O2S/c1-14-20(15-6-8-17(24)9-7-15)26-22(31-14)27-21(29)16-10-12-28(13-11-16)23-25-18-4-2-3-5-19(18)30-23/h2-9,16H,10-13H2,1H3,(H,26,27,29). The van der Waals surface area contributed by atoms with Crippen LogP contribution in [0.4, 0.5) is 11.1 Å². The number of anilines is 2. The summed E-state index contributed by atoms with van der Waals surface area (Å²) in [6.07, 6.45) is 1.50. The number of para-hydroxylation sites is 2. The second kappa shape index (κ2) is 8.32. The van der Waals surface area contributed by atoms with E-state index in [-0.39, 0.29) is 11.8 Å². The average Bonchev–Trinajstić information content (AvgIpc) is 3.38. The van der Waals surface area contributed by atoms with E-state index >= 15 is 0 Å². The van der Waals surface area contributed by atoms with E-state index in [2.05, 4.69) is 20.2 Å². The molecule has 4 aromatic rings. The molecule has 1 N–H and O–H groups in total. The highest BCUT2D eigenvalue weighted by Gasteiger charge is 2.28. The van der Waals surface area contributed by atoms with Crippen LogP contribution in [-0.2, 0) is 4.79 Å². The van der Waals surface area contributed by atoms with Crippen molar-refractivity contribution in [1.29, 1.82) is 0 Å². The Hall–Kier alpha value is -2.90. The lowest BCUT2D eigenvalue weighted by Gasteiger charge is -2.29. The van der Waals surface area contributed by atoms with Gasteiger partial charge in [-0.25, -0.2) is 4.98 Å². The highest BCUT2D eigenvalue weighted by molar-refractivity contribution is 7.16. The monoisotopic (exact) mass is 452 g/mol. The Morgan fingerprint density at radius 2 is 1.87 bits per heavy atom. The molecule has 1 amide bonds. The van der Waals surface area contributed by atoms with Crippen molar-refractivity contribution in [3.05, 3.63) is 58.4 Å². The van der Waals surface area contributed by atoms with Crippen LogP contribution in [0.3, 0.4) is 0 Å². The molecule has 5 rings (SSSR count). The molecular formula is C23H21ClN4O2S. The van der Waals surface area contributed by atoms with Gasteiger partial charge in [0, 0.05) is 34.5 Å². The minimum absolute atomic E-state index is 0.0219. The molecule has 1 fully saturated rings. The fourth-order valence-corrected chi connectivity index (χ4v) is 4.83. The first-order chi connectivity index (χ1) is 15.1. The Labute approximate surface area is 188 Å². The van der Waals surface area contributed by atoms with E-state index in [0.717, 1.165) is 53.2 Å². The summed E-state index contributed by atoms with van der Waals surface area (Å²) >= 11 is 7.47. The molecule has 1 aliphatic heterocycles. The number of piperidine rings is 1. The van der Waals surface area contributed by atoms with Gasteiger partial charge >= 0.3 is 0 Å². The van der Waals surface area contributed by atoms with E-state index in [0.29, 0.717) is 16.2 Å². The van der Waals surface area contributed by atoms with Gasteiger partial charge in [0.05, 0.1) is 5.69 Å². The maximum absolute atomic E-state index is 12.8. The van der Waals surface area contributed by atoms with Crippen LogP contribution in [0.15, 0.2) is 52.9 Å². The Bertz CT molecular complexity index is 1190. The molecule has 1 aliphatic rings. The molecule has 0 unspecified atom stereocenters. The van der Waals surface area contributed by atoms with Gasteiger partial charge in [0.1, 0.15) is 5.52 Å². The molecule has 0 spiro atoms. The predicted molar refractivity (Wildman–Crippen MR) is 125 cm³/mol. The maximum atomic E-state index is 12.8. The lowest BCUT2D eigenvalue weighted by molar-refractivity contribution is -0.120. The summed E-state index contributed by atoms with van der Waals surface area (Å²) in [5.41, 5.74) is 3.51. The van der Waals surface area contributed by atoms with Crippen LogP contribution in [0.1, 0.15) is 17.7 Å². The number of hydrogen-bond acceptors (Lipinski definition) is 6. The highest BCUT2D eigenvalue weighted by atomic mass is 35.5. The van der Waals surface area contributed by atoms with E-state index in [4.69, 9.17) is 16.0 Å². The third-order valence-corrected chi connectivity index (χ3v) is 6.70. The Kier molecular flexibility index (Phi) is 5.38. The van der Waals surface area contributed by atoms with Crippen molar-refractivity contribution in [2.24, 2.45) is 5.92 Å². The molecule has 3 heterocycles. The molecule has 31 heavy (non-hydrogen) atoms. The molecule has 8 heteroatoms. The minimum Gasteiger partial charge on any atom is -0.423 e. The number of fused-ring (bicyclic) bond motifs is 1. The molecule has 2 aromatic carbocycles. The molecule has 2 aromatic heterocycles. The zero-order valence-electron chi connectivity index (χ0n) is 17.0. The highest BCUT2D eigenvalue weighted by Crippen LogP contribution is 2.32. The number of carbonyl (C=O) groups is 1. The summed E-state index contributed by atoms with van der Waals surface area (Å²) in [7, 11) is 0. The number of hydrogen-bond donors (Lipinski definition) is 1. The summed E-state index contributed by atoms with van der Waals surface area (Å²) in [5, 5.41) is 4.34. The summed E-state index contributed by atoms with van der Waals surface area (Å²) in [5.74, 6) is -0.0302. The largest absolute Gasteiger partial charge is 0.423 e. The first kappa shape index (κ1) is 20.0. The first-order valence-electron chi connectivity index (χ1n) is 10.2. The van der Waals surface area contributed by atoms with Crippen molar-refractivity contribution >= 4 is 51.1 Å². The second-order valence-electron chi connectivity index (χ2n) is 7.65. The molecule has 158 valence electrons. The topological polar surface area (TPSA) is 71.3 Å². The van der Waals surface area contributed by atoms with E-state index in [1.54, 1.807) is 0 Å².